The van der Waals surface area contributed by atoms with Crippen molar-refractivity contribution >= 4 is 11.9 Å². The fourth-order valence-corrected chi connectivity index (χ4v) is 7.66. The van der Waals surface area contributed by atoms with Gasteiger partial charge in [-0.2, -0.15) is 5.10 Å². The Hall–Kier alpha value is -4.46. The number of piperidine rings is 1. The molecule has 0 spiro atoms. The number of carbonyl (C=O) groups excluding carboxylic acids is 2. The van der Waals surface area contributed by atoms with Gasteiger partial charge in [-0.1, -0.05) is 51.1 Å². The molecule has 0 radical (unpaired) electrons. The van der Waals surface area contributed by atoms with Crippen LogP contribution in [-0.4, -0.2) is 51.2 Å². The Labute approximate surface area is 283 Å². The van der Waals surface area contributed by atoms with Crippen LogP contribution in [0.1, 0.15) is 116 Å². The number of ether oxygens (including phenoxy) is 2. The summed E-state index contributed by atoms with van der Waals surface area (Å²) >= 11 is 0. The van der Waals surface area contributed by atoms with Crippen LogP contribution in [0.5, 0.6) is 5.75 Å². The van der Waals surface area contributed by atoms with Gasteiger partial charge in [0, 0.05) is 30.1 Å². The number of pyridine rings is 1. The summed E-state index contributed by atoms with van der Waals surface area (Å²) in [5, 5.41) is 4.58. The van der Waals surface area contributed by atoms with Crippen LogP contribution in [0.4, 0.5) is 0 Å². The van der Waals surface area contributed by atoms with Crippen LogP contribution < -0.4 is 4.74 Å². The minimum Gasteiger partial charge on any atom is -0.486 e. The van der Waals surface area contributed by atoms with Gasteiger partial charge in [-0.25, -0.2) is 14.5 Å². The Morgan fingerprint density at radius 1 is 0.958 bits per heavy atom. The smallest absolute Gasteiger partial charge is 0.341 e. The number of likely N-dealkylation sites (tertiary alicyclic amines) is 1. The van der Waals surface area contributed by atoms with E-state index in [9.17, 15) is 9.59 Å². The number of nitrogens with zero attached hydrogens (tertiary/aromatic N) is 4. The van der Waals surface area contributed by atoms with E-state index in [1.54, 1.807) is 17.8 Å². The van der Waals surface area contributed by atoms with Crippen LogP contribution in [0, 0.1) is 5.92 Å². The summed E-state index contributed by atoms with van der Waals surface area (Å²) < 4.78 is 13.9. The fourth-order valence-electron chi connectivity index (χ4n) is 7.66. The molecule has 2 aromatic heterocycles. The minimum atomic E-state index is -0.366. The lowest BCUT2D eigenvalue weighted by molar-refractivity contribution is -0.133. The van der Waals surface area contributed by atoms with E-state index in [-0.39, 0.29) is 18.0 Å². The van der Waals surface area contributed by atoms with Crippen molar-refractivity contribution in [2.45, 2.75) is 90.6 Å². The van der Waals surface area contributed by atoms with Crippen LogP contribution in [0.25, 0.3) is 17.1 Å². The van der Waals surface area contributed by atoms with Crippen LogP contribution >= 0.6 is 0 Å². The normalized spacial score (nSPS) is 17.9. The van der Waals surface area contributed by atoms with Gasteiger partial charge in [0.2, 0.25) is 5.91 Å². The molecule has 7 rings (SSSR count). The van der Waals surface area contributed by atoms with Crippen molar-refractivity contribution in [3.8, 4) is 22.8 Å². The third-order valence-electron chi connectivity index (χ3n) is 10.2. The number of aryl methyl sites for hydroxylation is 2. The number of esters is 1. The van der Waals surface area contributed by atoms with Gasteiger partial charge in [-0.05, 0) is 105 Å². The molecule has 1 atom stereocenters. The largest absolute Gasteiger partial charge is 0.486 e. The molecular formula is C40H46N4O4. The van der Waals surface area contributed by atoms with Crippen molar-refractivity contribution in [2.75, 3.05) is 19.7 Å². The topological polar surface area (TPSA) is 86.5 Å². The Bertz CT molecular complexity index is 1820. The van der Waals surface area contributed by atoms with Gasteiger partial charge in [0.25, 0.3) is 0 Å². The molecule has 8 nitrogen and oxygen atoms in total. The maximum atomic E-state index is 12.7. The van der Waals surface area contributed by atoms with E-state index in [2.05, 4.69) is 53.3 Å². The average Bonchev–Trinajstić information content (AvgIpc) is 3.73. The number of carbonyl (C=O) groups is 2. The van der Waals surface area contributed by atoms with Crippen molar-refractivity contribution < 1.29 is 19.1 Å². The Morgan fingerprint density at radius 2 is 1.75 bits per heavy atom. The van der Waals surface area contributed by atoms with Crippen molar-refractivity contribution in [3.63, 3.8) is 0 Å². The van der Waals surface area contributed by atoms with Gasteiger partial charge in [-0.15, -0.1) is 0 Å². The molecular weight excluding hydrogens is 600 g/mol. The third-order valence-corrected chi connectivity index (χ3v) is 10.2. The predicted octanol–water partition coefficient (Wildman–Crippen LogP) is 7.98. The lowest BCUT2D eigenvalue weighted by Gasteiger charge is -2.33. The van der Waals surface area contributed by atoms with Crippen LogP contribution in [0.15, 0.2) is 60.8 Å². The molecule has 3 aliphatic rings. The molecule has 0 N–H and O–H groups in total. The van der Waals surface area contributed by atoms with E-state index in [1.165, 1.54) is 22.3 Å². The summed E-state index contributed by atoms with van der Waals surface area (Å²) in [6.45, 7) is 10.2. The van der Waals surface area contributed by atoms with Crippen molar-refractivity contribution in [3.05, 3.63) is 94.3 Å². The summed E-state index contributed by atoms with van der Waals surface area (Å²) in [6, 6.07) is 19.0. The Balaban J connectivity index is 1.13. The molecule has 2 fully saturated rings. The van der Waals surface area contributed by atoms with Crippen LogP contribution in [0.3, 0.4) is 0 Å². The molecule has 8 heteroatoms. The first kappa shape index (κ1) is 32.1. The molecule has 0 bridgehead atoms. The van der Waals surface area contributed by atoms with Crippen LogP contribution in [0.2, 0.25) is 0 Å². The molecule has 1 amide bonds. The van der Waals surface area contributed by atoms with Gasteiger partial charge in [0.15, 0.2) is 5.82 Å². The molecule has 3 heterocycles. The first-order valence-corrected chi connectivity index (χ1v) is 17.8. The number of amides is 1. The molecule has 48 heavy (non-hydrogen) atoms. The third kappa shape index (κ3) is 6.25. The minimum absolute atomic E-state index is 0.0415. The second-order valence-electron chi connectivity index (χ2n) is 13.7. The average molecular weight is 647 g/mol. The van der Waals surface area contributed by atoms with Gasteiger partial charge < -0.3 is 14.4 Å². The molecule has 4 aromatic rings. The van der Waals surface area contributed by atoms with E-state index >= 15 is 0 Å². The zero-order valence-corrected chi connectivity index (χ0v) is 28.6. The van der Waals surface area contributed by atoms with Gasteiger partial charge in [0.05, 0.1) is 24.2 Å². The Kier molecular flexibility index (Phi) is 9.08. The fraction of sp³-hybridized carbons (Fsp3) is 0.450. The van der Waals surface area contributed by atoms with Gasteiger partial charge in [-0.3, -0.25) is 4.79 Å². The molecule has 1 saturated heterocycles. The van der Waals surface area contributed by atoms with E-state index < -0.39 is 0 Å². The van der Waals surface area contributed by atoms with E-state index in [0.29, 0.717) is 35.7 Å². The van der Waals surface area contributed by atoms with E-state index in [4.69, 9.17) is 14.5 Å². The SMILES string of the molecule is CCOC(=O)c1cnn(-c2cccc(-c3cccc4c3[C@@H](Oc3ccc(C5CCN(C(=O)C6CC6)CC5)c(CC)c3)CC4)n2)c1C(C)C. The number of aromatic nitrogens is 3. The number of hydrogen-bond acceptors (Lipinski definition) is 6. The summed E-state index contributed by atoms with van der Waals surface area (Å²) in [4.78, 5) is 32.5. The first-order chi connectivity index (χ1) is 23.4. The highest BCUT2D eigenvalue weighted by Gasteiger charge is 2.35. The van der Waals surface area contributed by atoms with Gasteiger partial charge >= 0.3 is 5.97 Å². The molecule has 1 aliphatic heterocycles. The molecule has 0 unspecified atom stereocenters. The standard InChI is InChI=1S/C40H46N4O4/c1-5-26-23-30(16-17-31(26)27-19-21-43(22-20-27)39(45)29-13-14-29)48-35-18-15-28-9-7-10-32(37(28)35)34-11-8-12-36(42-34)44-38(25(3)4)33(24-41-44)40(46)47-6-2/h7-12,16-17,23-25,27,29,35H,5-6,13-15,18-22H2,1-4H3/t35-/m0/s1. The maximum absolute atomic E-state index is 12.7. The molecule has 250 valence electrons. The van der Waals surface area contributed by atoms with Crippen molar-refractivity contribution in [2.24, 2.45) is 5.92 Å². The molecule has 2 aromatic carbocycles. The quantitative estimate of drug-likeness (QED) is 0.162. The lowest BCUT2D eigenvalue weighted by atomic mass is 9.85. The zero-order chi connectivity index (χ0) is 33.4. The number of benzene rings is 2. The summed E-state index contributed by atoms with van der Waals surface area (Å²) in [7, 11) is 0. The number of fused-ring (bicyclic) bond motifs is 1. The number of hydrogen-bond donors (Lipinski definition) is 0. The zero-order valence-electron chi connectivity index (χ0n) is 28.6. The maximum Gasteiger partial charge on any atom is 0.341 e. The van der Waals surface area contributed by atoms with E-state index in [0.717, 1.165) is 80.7 Å². The predicted molar refractivity (Wildman–Crippen MR) is 186 cm³/mol. The second-order valence-corrected chi connectivity index (χ2v) is 13.7. The summed E-state index contributed by atoms with van der Waals surface area (Å²) in [6.07, 6.45) is 8.49. The summed E-state index contributed by atoms with van der Waals surface area (Å²) in [5.74, 6) is 2.38. The van der Waals surface area contributed by atoms with Crippen molar-refractivity contribution in [1.29, 1.82) is 0 Å². The second kappa shape index (κ2) is 13.6. The highest BCUT2D eigenvalue weighted by molar-refractivity contribution is 5.90. The van der Waals surface area contributed by atoms with Crippen LogP contribution in [-0.2, 0) is 22.4 Å². The molecule has 2 aliphatic carbocycles. The monoisotopic (exact) mass is 646 g/mol. The number of rotatable bonds is 10. The van der Waals surface area contributed by atoms with Crippen molar-refractivity contribution in [1.82, 2.24) is 19.7 Å². The highest BCUT2D eigenvalue weighted by Crippen LogP contribution is 2.42. The summed E-state index contributed by atoms with van der Waals surface area (Å²) in [5.41, 5.74) is 8.37. The lowest BCUT2D eigenvalue weighted by Crippen LogP contribution is -2.38. The highest BCUT2D eigenvalue weighted by atomic mass is 16.5. The van der Waals surface area contributed by atoms with E-state index in [1.807, 2.05) is 32.0 Å². The van der Waals surface area contributed by atoms with Gasteiger partial charge in [0.1, 0.15) is 17.4 Å². The molecule has 1 saturated carbocycles. The Morgan fingerprint density at radius 3 is 2.48 bits per heavy atom. The first-order valence-electron chi connectivity index (χ1n) is 17.8.